The van der Waals surface area contributed by atoms with Gasteiger partial charge in [-0.1, -0.05) is 13.8 Å². The van der Waals surface area contributed by atoms with Gasteiger partial charge in [-0.2, -0.15) is 0 Å². The highest BCUT2D eigenvalue weighted by Crippen LogP contribution is 2.21. The Morgan fingerprint density at radius 2 is 2.10 bits per heavy atom. The lowest BCUT2D eigenvalue weighted by Gasteiger charge is -2.24. The molecule has 1 aliphatic heterocycles. The van der Waals surface area contributed by atoms with Crippen molar-refractivity contribution in [2.75, 3.05) is 24.3 Å². The first-order valence-corrected chi connectivity index (χ1v) is 8.77. The summed E-state index contributed by atoms with van der Waals surface area (Å²) >= 11 is 0. The van der Waals surface area contributed by atoms with Crippen LogP contribution in [-0.4, -0.2) is 48.8 Å². The van der Waals surface area contributed by atoms with E-state index in [0.717, 1.165) is 5.69 Å². The van der Waals surface area contributed by atoms with Crippen LogP contribution in [0.1, 0.15) is 42.2 Å². The van der Waals surface area contributed by atoms with E-state index in [1.807, 2.05) is 13.8 Å². The van der Waals surface area contributed by atoms with Gasteiger partial charge in [0.2, 0.25) is 0 Å². The highest BCUT2D eigenvalue weighted by molar-refractivity contribution is 7.91. The average Bonchev–Trinajstić information content (AvgIpc) is 2.76. The maximum Gasteiger partial charge on any atom is 0.254 e. The standard InChI is InChI=1S/C14H21N3O3S/c1-9(2)12-6-10(7-13(15)16-12)14(18)17(3)11-4-5-21(19,20)8-11/h6-7,9,11H,4-5,8H2,1-3H3,(H2,15,16). The van der Waals surface area contributed by atoms with Gasteiger partial charge >= 0.3 is 0 Å². The third-order valence-corrected chi connectivity index (χ3v) is 5.53. The van der Waals surface area contributed by atoms with Crippen molar-refractivity contribution >= 4 is 21.6 Å². The van der Waals surface area contributed by atoms with Crippen LogP contribution in [0.4, 0.5) is 5.82 Å². The predicted octanol–water partition coefficient (Wildman–Crippen LogP) is 1.05. The Morgan fingerprint density at radius 1 is 1.43 bits per heavy atom. The molecule has 1 aliphatic rings. The number of nitrogen functional groups attached to an aromatic ring is 1. The van der Waals surface area contributed by atoms with Crippen LogP contribution in [0.3, 0.4) is 0 Å². The van der Waals surface area contributed by atoms with Crippen molar-refractivity contribution in [1.82, 2.24) is 9.88 Å². The molecule has 1 fully saturated rings. The number of nitrogens with two attached hydrogens (primary N) is 1. The van der Waals surface area contributed by atoms with E-state index in [1.165, 1.54) is 11.0 Å². The average molecular weight is 311 g/mol. The first kappa shape index (κ1) is 15.8. The number of pyridine rings is 1. The monoisotopic (exact) mass is 311 g/mol. The predicted molar refractivity (Wildman–Crippen MR) is 81.9 cm³/mol. The summed E-state index contributed by atoms with van der Waals surface area (Å²) < 4.78 is 23.1. The zero-order valence-corrected chi connectivity index (χ0v) is 13.4. The lowest BCUT2D eigenvalue weighted by molar-refractivity contribution is 0.0747. The van der Waals surface area contributed by atoms with E-state index in [9.17, 15) is 13.2 Å². The molecule has 6 nitrogen and oxygen atoms in total. The van der Waals surface area contributed by atoms with Crippen molar-refractivity contribution in [3.63, 3.8) is 0 Å². The molecule has 0 saturated carbocycles. The maximum atomic E-state index is 12.5. The van der Waals surface area contributed by atoms with Gasteiger partial charge in [0.15, 0.2) is 9.84 Å². The van der Waals surface area contributed by atoms with E-state index >= 15 is 0 Å². The molecule has 116 valence electrons. The lowest BCUT2D eigenvalue weighted by Crippen LogP contribution is -2.38. The molecule has 7 heteroatoms. The first-order valence-electron chi connectivity index (χ1n) is 6.94. The molecular weight excluding hydrogens is 290 g/mol. The summed E-state index contributed by atoms with van der Waals surface area (Å²) in [6.45, 7) is 3.95. The summed E-state index contributed by atoms with van der Waals surface area (Å²) in [5, 5.41) is 0. The zero-order chi connectivity index (χ0) is 15.8. The zero-order valence-electron chi connectivity index (χ0n) is 12.5. The molecule has 1 aromatic rings. The third kappa shape index (κ3) is 3.53. The molecule has 1 amide bonds. The molecule has 1 unspecified atom stereocenters. The van der Waals surface area contributed by atoms with E-state index in [0.29, 0.717) is 17.8 Å². The van der Waals surface area contributed by atoms with Gasteiger partial charge in [0.1, 0.15) is 5.82 Å². The fourth-order valence-corrected chi connectivity index (χ4v) is 4.22. The van der Waals surface area contributed by atoms with Crippen LogP contribution < -0.4 is 5.73 Å². The first-order chi connectivity index (χ1) is 9.69. The van der Waals surface area contributed by atoms with Crippen LogP contribution >= 0.6 is 0 Å². The Balaban J connectivity index is 2.24. The molecule has 1 saturated heterocycles. The van der Waals surface area contributed by atoms with E-state index in [2.05, 4.69) is 4.98 Å². The Hall–Kier alpha value is -1.63. The van der Waals surface area contributed by atoms with E-state index < -0.39 is 9.84 Å². The lowest BCUT2D eigenvalue weighted by atomic mass is 10.1. The van der Waals surface area contributed by atoms with Crippen LogP contribution in [0.15, 0.2) is 12.1 Å². The van der Waals surface area contributed by atoms with E-state index in [1.54, 1.807) is 13.1 Å². The molecule has 0 bridgehead atoms. The fourth-order valence-electron chi connectivity index (χ4n) is 2.44. The van der Waals surface area contributed by atoms with Gasteiger partial charge in [0.25, 0.3) is 5.91 Å². The molecular formula is C14H21N3O3S. The molecule has 0 spiro atoms. The second-order valence-corrected chi connectivity index (χ2v) is 8.06. The van der Waals surface area contributed by atoms with Gasteiger partial charge in [-0.05, 0) is 24.5 Å². The van der Waals surface area contributed by atoms with Gasteiger partial charge in [0, 0.05) is 24.3 Å². The number of carbonyl (C=O) groups is 1. The van der Waals surface area contributed by atoms with E-state index in [4.69, 9.17) is 5.73 Å². The maximum absolute atomic E-state index is 12.5. The Kier molecular flexibility index (Phi) is 4.22. The minimum atomic E-state index is -3.02. The van der Waals surface area contributed by atoms with Crippen molar-refractivity contribution in [2.24, 2.45) is 0 Å². The number of anilines is 1. The largest absolute Gasteiger partial charge is 0.384 e. The van der Waals surface area contributed by atoms with Crippen molar-refractivity contribution < 1.29 is 13.2 Å². The second-order valence-electron chi connectivity index (χ2n) is 5.83. The Morgan fingerprint density at radius 3 is 2.62 bits per heavy atom. The minimum Gasteiger partial charge on any atom is -0.384 e. The minimum absolute atomic E-state index is 0.0346. The van der Waals surface area contributed by atoms with Crippen molar-refractivity contribution in [2.45, 2.75) is 32.2 Å². The summed E-state index contributed by atoms with van der Waals surface area (Å²) in [7, 11) is -1.38. The molecule has 0 aliphatic carbocycles. The molecule has 21 heavy (non-hydrogen) atoms. The number of amides is 1. The summed E-state index contributed by atoms with van der Waals surface area (Å²) in [6, 6.07) is 3.00. The van der Waals surface area contributed by atoms with Crippen molar-refractivity contribution in [1.29, 1.82) is 0 Å². The molecule has 0 aromatic carbocycles. The molecule has 1 aromatic heterocycles. The van der Waals surface area contributed by atoms with Gasteiger partial charge in [0.05, 0.1) is 11.5 Å². The number of hydrogen-bond acceptors (Lipinski definition) is 5. The van der Waals surface area contributed by atoms with Gasteiger partial charge < -0.3 is 10.6 Å². The van der Waals surface area contributed by atoms with Gasteiger partial charge in [-0.3, -0.25) is 4.79 Å². The summed E-state index contributed by atoms with van der Waals surface area (Å²) in [5.41, 5.74) is 6.97. The van der Waals surface area contributed by atoms with Gasteiger partial charge in [-0.25, -0.2) is 13.4 Å². The molecule has 0 radical (unpaired) electrons. The smallest absolute Gasteiger partial charge is 0.254 e. The molecule has 2 N–H and O–H groups in total. The number of sulfone groups is 1. The van der Waals surface area contributed by atoms with E-state index in [-0.39, 0.29) is 29.4 Å². The second kappa shape index (κ2) is 5.63. The summed E-state index contributed by atoms with van der Waals surface area (Å²) in [5.74, 6) is 0.431. The molecule has 1 atom stereocenters. The van der Waals surface area contributed by atoms with Crippen LogP contribution in [0.5, 0.6) is 0 Å². The van der Waals surface area contributed by atoms with Gasteiger partial charge in [-0.15, -0.1) is 0 Å². The van der Waals surface area contributed by atoms with Crippen LogP contribution in [0.2, 0.25) is 0 Å². The highest BCUT2D eigenvalue weighted by atomic mass is 32.2. The number of rotatable bonds is 3. The van der Waals surface area contributed by atoms with Crippen LogP contribution in [0, 0.1) is 0 Å². The summed E-state index contributed by atoms with van der Waals surface area (Å²) in [4.78, 5) is 18.2. The number of nitrogens with zero attached hydrogens (tertiary/aromatic N) is 2. The van der Waals surface area contributed by atoms with Crippen molar-refractivity contribution in [3.8, 4) is 0 Å². The Bertz CT molecular complexity index is 655. The van der Waals surface area contributed by atoms with Crippen LogP contribution in [0.25, 0.3) is 0 Å². The SMILES string of the molecule is CC(C)c1cc(C(=O)N(C)C2CCS(=O)(=O)C2)cc(N)n1. The van der Waals surface area contributed by atoms with Crippen LogP contribution in [-0.2, 0) is 9.84 Å². The fraction of sp³-hybridized carbons (Fsp3) is 0.571. The Labute approximate surface area is 125 Å². The highest BCUT2D eigenvalue weighted by Gasteiger charge is 2.33. The number of hydrogen-bond donors (Lipinski definition) is 1. The summed E-state index contributed by atoms with van der Waals surface area (Å²) in [6.07, 6.45) is 0.488. The third-order valence-electron chi connectivity index (χ3n) is 3.78. The number of carbonyl (C=O) groups excluding carboxylic acids is 1. The topological polar surface area (TPSA) is 93.4 Å². The molecule has 2 heterocycles. The normalized spacial score (nSPS) is 20.7. The van der Waals surface area contributed by atoms with Crippen molar-refractivity contribution in [3.05, 3.63) is 23.4 Å². The number of aromatic nitrogens is 1. The molecule has 2 rings (SSSR count). The quantitative estimate of drug-likeness (QED) is 0.900.